The number of anilines is 2. The maximum Gasteiger partial charge on any atom is 0.251 e. The summed E-state index contributed by atoms with van der Waals surface area (Å²) in [7, 11) is 0. The Hall–Kier alpha value is -3.39. The summed E-state index contributed by atoms with van der Waals surface area (Å²) in [6.07, 6.45) is -0.227. The molecule has 0 radical (unpaired) electrons. The minimum atomic E-state index is -0.988. The quantitative estimate of drug-likeness (QED) is 0.398. The van der Waals surface area contributed by atoms with Gasteiger partial charge in [0.15, 0.2) is 0 Å². The molecule has 3 aromatic carbocycles. The number of hydrogen-bond acceptors (Lipinski definition) is 5. The monoisotopic (exact) mass is 493 g/mol. The number of aliphatic hydroxyl groups excluding tert-OH is 2. The summed E-state index contributed by atoms with van der Waals surface area (Å²) in [6, 6.07) is 20.8. The number of nitrogens with zero attached hydrogens (tertiary/aromatic N) is 1. The molecule has 0 saturated carbocycles. The number of nitrogens with one attached hydrogen (secondary N) is 2. The van der Waals surface area contributed by atoms with E-state index in [9.17, 15) is 14.7 Å². The van der Waals surface area contributed by atoms with E-state index in [1.54, 1.807) is 24.0 Å². The van der Waals surface area contributed by atoms with Crippen LogP contribution in [-0.2, 0) is 4.79 Å². The Morgan fingerprint density at radius 2 is 1.74 bits per heavy atom. The molecule has 8 heteroatoms. The molecular formula is C27H28ClN3O4. The van der Waals surface area contributed by atoms with E-state index in [4.69, 9.17) is 16.7 Å². The molecule has 1 aliphatic rings. The second kappa shape index (κ2) is 10.9. The first-order chi connectivity index (χ1) is 16.9. The summed E-state index contributed by atoms with van der Waals surface area (Å²) in [5.74, 6) is -0.315. The van der Waals surface area contributed by atoms with E-state index in [2.05, 4.69) is 16.7 Å². The first-order valence-corrected chi connectivity index (χ1v) is 11.8. The SMILES string of the molecule is CC(=O)N1CCC(Nc2ccc(Cl)cc2)c2cc(-c3ccc(C(=O)NC[C@H](O)CO)cc3)ccc21. The van der Waals surface area contributed by atoms with Crippen molar-refractivity contribution in [2.75, 3.05) is 29.9 Å². The van der Waals surface area contributed by atoms with Crippen LogP contribution in [0.25, 0.3) is 11.1 Å². The molecule has 0 spiro atoms. The highest BCUT2D eigenvalue weighted by molar-refractivity contribution is 6.30. The fourth-order valence-electron chi connectivity index (χ4n) is 4.21. The molecule has 0 fully saturated rings. The minimum Gasteiger partial charge on any atom is -0.394 e. The molecule has 35 heavy (non-hydrogen) atoms. The van der Waals surface area contributed by atoms with Crippen molar-refractivity contribution in [1.82, 2.24) is 5.32 Å². The Morgan fingerprint density at radius 3 is 2.40 bits per heavy atom. The number of aliphatic hydroxyl groups is 2. The van der Waals surface area contributed by atoms with E-state index < -0.39 is 12.7 Å². The Morgan fingerprint density at radius 1 is 1.06 bits per heavy atom. The fraction of sp³-hybridized carbons (Fsp3) is 0.259. The number of fused-ring (bicyclic) bond motifs is 1. The number of rotatable bonds is 7. The molecule has 3 aromatic rings. The Balaban J connectivity index is 1.59. The summed E-state index contributed by atoms with van der Waals surface area (Å²) in [4.78, 5) is 26.3. The van der Waals surface area contributed by atoms with Crippen LogP contribution in [0.1, 0.15) is 35.3 Å². The van der Waals surface area contributed by atoms with Gasteiger partial charge >= 0.3 is 0 Å². The van der Waals surface area contributed by atoms with Crippen LogP contribution in [-0.4, -0.2) is 47.8 Å². The second-order valence-electron chi connectivity index (χ2n) is 8.56. The molecule has 0 aliphatic carbocycles. The Labute approximate surface area is 209 Å². The molecule has 182 valence electrons. The summed E-state index contributed by atoms with van der Waals surface area (Å²) < 4.78 is 0. The zero-order valence-electron chi connectivity index (χ0n) is 19.4. The van der Waals surface area contributed by atoms with Crippen molar-refractivity contribution in [1.29, 1.82) is 0 Å². The molecule has 4 rings (SSSR count). The van der Waals surface area contributed by atoms with Gasteiger partial charge in [0.25, 0.3) is 5.91 Å². The zero-order chi connectivity index (χ0) is 24.9. The summed E-state index contributed by atoms with van der Waals surface area (Å²) >= 11 is 6.03. The first kappa shape index (κ1) is 24.7. The van der Waals surface area contributed by atoms with E-state index in [1.807, 2.05) is 48.5 Å². The number of halogens is 1. The highest BCUT2D eigenvalue weighted by Crippen LogP contribution is 2.38. The van der Waals surface area contributed by atoms with Crippen molar-refractivity contribution in [2.24, 2.45) is 0 Å². The average molecular weight is 494 g/mol. The van der Waals surface area contributed by atoms with Crippen molar-refractivity contribution in [3.05, 3.63) is 82.9 Å². The largest absolute Gasteiger partial charge is 0.394 e. The average Bonchev–Trinajstić information content (AvgIpc) is 2.88. The third-order valence-corrected chi connectivity index (χ3v) is 6.34. The lowest BCUT2D eigenvalue weighted by molar-refractivity contribution is -0.116. The third kappa shape index (κ3) is 5.82. The number of hydrogen-bond donors (Lipinski definition) is 4. The van der Waals surface area contributed by atoms with Gasteiger partial charge in [-0.1, -0.05) is 29.8 Å². The van der Waals surface area contributed by atoms with Crippen molar-refractivity contribution in [3.63, 3.8) is 0 Å². The lowest BCUT2D eigenvalue weighted by atomic mass is 9.92. The predicted molar refractivity (Wildman–Crippen MR) is 138 cm³/mol. The number of carbonyl (C=O) groups excluding carboxylic acids is 2. The number of benzene rings is 3. The third-order valence-electron chi connectivity index (χ3n) is 6.09. The molecule has 2 atom stereocenters. The van der Waals surface area contributed by atoms with Crippen LogP contribution < -0.4 is 15.5 Å². The molecule has 0 bridgehead atoms. The summed E-state index contributed by atoms with van der Waals surface area (Å²) in [5.41, 5.74) is 5.23. The topological polar surface area (TPSA) is 102 Å². The van der Waals surface area contributed by atoms with Gasteiger partial charge in [-0.05, 0) is 71.6 Å². The normalized spacial score (nSPS) is 15.8. The standard InChI is InChI=1S/C27H28ClN3O4/c1-17(33)31-13-12-25(30-22-9-7-21(28)8-10-22)24-14-20(6-11-26(24)31)18-2-4-19(5-3-18)27(35)29-15-23(34)16-32/h2-11,14,23,25,30,32,34H,12-13,15-16H2,1H3,(H,29,35)/t23-,25?/m0/s1. The fourth-order valence-corrected chi connectivity index (χ4v) is 4.33. The van der Waals surface area contributed by atoms with Gasteiger partial charge in [0.1, 0.15) is 0 Å². The molecule has 0 aromatic heterocycles. The lowest BCUT2D eigenvalue weighted by Gasteiger charge is -2.35. The molecule has 7 nitrogen and oxygen atoms in total. The summed E-state index contributed by atoms with van der Waals surface area (Å²) in [6.45, 7) is 1.78. The molecule has 1 unspecified atom stereocenters. The summed E-state index contributed by atoms with van der Waals surface area (Å²) in [5, 5.41) is 25.1. The van der Waals surface area contributed by atoms with Gasteiger partial charge in [0.05, 0.1) is 18.8 Å². The molecule has 4 N–H and O–H groups in total. The highest BCUT2D eigenvalue weighted by atomic mass is 35.5. The second-order valence-corrected chi connectivity index (χ2v) is 9.00. The van der Waals surface area contributed by atoms with Crippen LogP contribution in [0.4, 0.5) is 11.4 Å². The minimum absolute atomic E-state index is 0.00521. The Kier molecular flexibility index (Phi) is 7.70. The van der Waals surface area contributed by atoms with Crippen molar-refractivity contribution < 1.29 is 19.8 Å². The predicted octanol–water partition coefficient (Wildman–Crippen LogP) is 4.00. The van der Waals surface area contributed by atoms with E-state index in [-0.39, 0.29) is 24.4 Å². The van der Waals surface area contributed by atoms with Crippen molar-refractivity contribution >= 4 is 34.8 Å². The number of amides is 2. The van der Waals surface area contributed by atoms with Crippen LogP contribution in [0.3, 0.4) is 0 Å². The van der Waals surface area contributed by atoms with Gasteiger partial charge < -0.3 is 25.7 Å². The highest BCUT2D eigenvalue weighted by Gasteiger charge is 2.27. The van der Waals surface area contributed by atoms with Gasteiger partial charge in [0.2, 0.25) is 5.91 Å². The number of carbonyl (C=O) groups is 2. The van der Waals surface area contributed by atoms with Crippen molar-refractivity contribution in [2.45, 2.75) is 25.5 Å². The van der Waals surface area contributed by atoms with Crippen LogP contribution in [0.15, 0.2) is 66.7 Å². The molecule has 1 aliphatic heterocycles. The van der Waals surface area contributed by atoms with E-state index in [0.717, 1.165) is 34.5 Å². The van der Waals surface area contributed by atoms with Crippen LogP contribution in [0.2, 0.25) is 5.02 Å². The van der Waals surface area contributed by atoms with Crippen LogP contribution in [0, 0.1) is 0 Å². The first-order valence-electron chi connectivity index (χ1n) is 11.5. The lowest BCUT2D eigenvalue weighted by Crippen LogP contribution is -2.36. The zero-order valence-corrected chi connectivity index (χ0v) is 20.1. The van der Waals surface area contributed by atoms with E-state index >= 15 is 0 Å². The van der Waals surface area contributed by atoms with Gasteiger partial charge in [-0.3, -0.25) is 9.59 Å². The molecule has 1 heterocycles. The van der Waals surface area contributed by atoms with Gasteiger partial charge in [-0.25, -0.2) is 0 Å². The molecule has 2 amide bonds. The molecule has 0 saturated heterocycles. The smallest absolute Gasteiger partial charge is 0.251 e. The van der Waals surface area contributed by atoms with Gasteiger partial charge in [0, 0.05) is 42.0 Å². The maximum atomic E-state index is 12.3. The van der Waals surface area contributed by atoms with Crippen LogP contribution in [0.5, 0.6) is 0 Å². The van der Waals surface area contributed by atoms with E-state index in [0.29, 0.717) is 17.1 Å². The van der Waals surface area contributed by atoms with Gasteiger partial charge in [-0.2, -0.15) is 0 Å². The van der Waals surface area contributed by atoms with Gasteiger partial charge in [-0.15, -0.1) is 0 Å². The van der Waals surface area contributed by atoms with Crippen LogP contribution >= 0.6 is 11.6 Å². The molecular weight excluding hydrogens is 466 g/mol. The van der Waals surface area contributed by atoms with E-state index in [1.165, 1.54) is 0 Å². The van der Waals surface area contributed by atoms with Crippen molar-refractivity contribution in [3.8, 4) is 11.1 Å². The maximum absolute atomic E-state index is 12.3. The Bertz CT molecular complexity index is 1200.